The van der Waals surface area contributed by atoms with Gasteiger partial charge >= 0.3 is 0 Å². The summed E-state index contributed by atoms with van der Waals surface area (Å²) in [5.41, 5.74) is 0.619. The Morgan fingerprint density at radius 1 is 1.52 bits per heavy atom. The normalized spacial score (nSPS) is 19.3. The summed E-state index contributed by atoms with van der Waals surface area (Å²) in [5.74, 6) is 3.10. The summed E-state index contributed by atoms with van der Waals surface area (Å²) in [6, 6.07) is 6.82. The zero-order valence-corrected chi connectivity index (χ0v) is 13.8. The summed E-state index contributed by atoms with van der Waals surface area (Å²) in [6.45, 7) is 0.299. The summed E-state index contributed by atoms with van der Waals surface area (Å²) in [6.07, 6.45) is 5.85. The zero-order chi connectivity index (χ0) is 16.9. The third kappa shape index (κ3) is 4.98. The van der Waals surface area contributed by atoms with Gasteiger partial charge in [-0.05, 0) is 18.6 Å². The monoisotopic (exact) mass is 336 g/mol. The molecule has 1 amide bonds. The van der Waals surface area contributed by atoms with Gasteiger partial charge in [-0.1, -0.05) is 12.0 Å². The van der Waals surface area contributed by atoms with Gasteiger partial charge < -0.3 is 10.1 Å². The van der Waals surface area contributed by atoms with Gasteiger partial charge in [0.05, 0.1) is 31.7 Å². The average Bonchev–Trinajstić information content (AvgIpc) is 2.87. The SMILES string of the molecule is C#CCN(CC(=O)Nc1cccc(OC)c1)C1CCS(=O)(=O)C1. The number of nitrogens with zero attached hydrogens (tertiary/aromatic N) is 1. The van der Waals surface area contributed by atoms with E-state index in [1.54, 1.807) is 36.3 Å². The van der Waals surface area contributed by atoms with Gasteiger partial charge in [0.1, 0.15) is 5.75 Å². The maximum Gasteiger partial charge on any atom is 0.238 e. The molecule has 1 fully saturated rings. The minimum Gasteiger partial charge on any atom is -0.497 e. The first-order chi connectivity index (χ1) is 10.9. The molecule has 1 aromatic rings. The first-order valence-corrected chi connectivity index (χ1v) is 9.07. The highest BCUT2D eigenvalue weighted by atomic mass is 32.2. The largest absolute Gasteiger partial charge is 0.497 e. The van der Waals surface area contributed by atoms with E-state index in [1.165, 1.54) is 0 Å². The van der Waals surface area contributed by atoms with Gasteiger partial charge in [0.15, 0.2) is 9.84 Å². The fourth-order valence-corrected chi connectivity index (χ4v) is 4.34. The number of amides is 1. The van der Waals surface area contributed by atoms with Crippen LogP contribution in [0.15, 0.2) is 24.3 Å². The van der Waals surface area contributed by atoms with Crippen molar-refractivity contribution in [2.75, 3.05) is 37.0 Å². The van der Waals surface area contributed by atoms with Crippen molar-refractivity contribution in [2.24, 2.45) is 0 Å². The standard InChI is InChI=1S/C16H20N2O4S/c1-3-8-18(14-7-9-23(20,21)12-14)11-16(19)17-13-5-4-6-15(10-13)22-2/h1,4-6,10,14H,7-9,11-12H2,2H3,(H,17,19). The minimum atomic E-state index is -3.02. The summed E-state index contributed by atoms with van der Waals surface area (Å²) in [7, 11) is -1.47. The third-order valence-corrected chi connectivity index (χ3v) is 5.47. The van der Waals surface area contributed by atoms with E-state index in [4.69, 9.17) is 11.2 Å². The highest BCUT2D eigenvalue weighted by Gasteiger charge is 2.32. The Balaban J connectivity index is 1.99. The molecule has 124 valence electrons. The second kappa shape index (κ2) is 7.49. The van der Waals surface area contributed by atoms with Gasteiger partial charge in [-0.3, -0.25) is 9.69 Å². The van der Waals surface area contributed by atoms with Crippen LogP contribution in [0.3, 0.4) is 0 Å². The van der Waals surface area contributed by atoms with Gasteiger partial charge in [0.2, 0.25) is 5.91 Å². The van der Waals surface area contributed by atoms with E-state index in [0.717, 1.165) is 0 Å². The van der Waals surface area contributed by atoms with Crippen LogP contribution in [-0.4, -0.2) is 57.0 Å². The number of methoxy groups -OCH3 is 1. The molecule has 0 aromatic heterocycles. The topological polar surface area (TPSA) is 75.7 Å². The molecule has 1 unspecified atom stereocenters. The third-order valence-electron chi connectivity index (χ3n) is 3.72. The zero-order valence-electron chi connectivity index (χ0n) is 13.0. The van der Waals surface area contributed by atoms with E-state index >= 15 is 0 Å². The van der Waals surface area contributed by atoms with Gasteiger partial charge in [-0.2, -0.15) is 0 Å². The summed E-state index contributed by atoms with van der Waals surface area (Å²) in [4.78, 5) is 13.9. The molecule has 1 aromatic carbocycles. The lowest BCUT2D eigenvalue weighted by atomic mass is 10.2. The van der Waals surface area contributed by atoms with Crippen molar-refractivity contribution in [1.82, 2.24) is 4.90 Å². The Morgan fingerprint density at radius 2 is 2.30 bits per heavy atom. The molecule has 0 aliphatic carbocycles. The fourth-order valence-electron chi connectivity index (χ4n) is 2.58. The van der Waals surface area contributed by atoms with Gasteiger partial charge in [0.25, 0.3) is 0 Å². The number of carbonyl (C=O) groups excluding carboxylic acids is 1. The maximum atomic E-state index is 12.2. The van der Waals surface area contributed by atoms with Crippen molar-refractivity contribution in [1.29, 1.82) is 0 Å². The van der Waals surface area contributed by atoms with Crippen molar-refractivity contribution in [3.8, 4) is 18.1 Å². The van der Waals surface area contributed by atoms with Crippen molar-refractivity contribution in [2.45, 2.75) is 12.5 Å². The lowest BCUT2D eigenvalue weighted by Gasteiger charge is -2.25. The fraction of sp³-hybridized carbons (Fsp3) is 0.438. The van der Waals surface area contributed by atoms with Crippen LogP contribution in [0.5, 0.6) is 5.75 Å². The van der Waals surface area contributed by atoms with Crippen LogP contribution in [0.25, 0.3) is 0 Å². The number of rotatable bonds is 6. The van der Waals surface area contributed by atoms with E-state index in [0.29, 0.717) is 17.9 Å². The molecule has 1 aliphatic rings. The molecule has 1 heterocycles. The number of terminal acetylenes is 1. The van der Waals surface area contributed by atoms with Crippen LogP contribution >= 0.6 is 0 Å². The number of benzene rings is 1. The number of nitrogens with one attached hydrogen (secondary N) is 1. The molecule has 0 radical (unpaired) electrons. The van der Waals surface area contributed by atoms with E-state index in [2.05, 4.69) is 11.2 Å². The lowest BCUT2D eigenvalue weighted by Crippen LogP contribution is -2.41. The molecule has 1 saturated heterocycles. The minimum absolute atomic E-state index is 0.0567. The molecule has 7 heteroatoms. The predicted octanol–water partition coefficient (Wildman–Crippen LogP) is 0.756. The number of carbonyl (C=O) groups is 1. The number of anilines is 1. The van der Waals surface area contributed by atoms with Crippen LogP contribution in [0.2, 0.25) is 0 Å². The first kappa shape index (κ1) is 17.3. The average molecular weight is 336 g/mol. The van der Waals surface area contributed by atoms with Gasteiger partial charge in [0, 0.05) is 17.8 Å². The molecule has 6 nitrogen and oxygen atoms in total. The second-order valence-corrected chi connectivity index (χ2v) is 7.67. The Labute approximate surface area is 136 Å². The van der Waals surface area contributed by atoms with Crippen LogP contribution in [0, 0.1) is 12.3 Å². The molecular weight excluding hydrogens is 316 g/mol. The molecule has 2 rings (SSSR count). The highest BCUT2D eigenvalue weighted by Crippen LogP contribution is 2.19. The van der Waals surface area contributed by atoms with Crippen LogP contribution in [-0.2, 0) is 14.6 Å². The molecule has 1 atom stereocenters. The number of hydrogen-bond acceptors (Lipinski definition) is 5. The Morgan fingerprint density at radius 3 is 2.91 bits per heavy atom. The van der Waals surface area contributed by atoms with E-state index in [9.17, 15) is 13.2 Å². The predicted molar refractivity (Wildman–Crippen MR) is 89.1 cm³/mol. The Kier molecular flexibility index (Phi) is 5.64. The Bertz CT molecular complexity index is 709. The van der Waals surface area contributed by atoms with Crippen molar-refractivity contribution in [3.05, 3.63) is 24.3 Å². The molecule has 0 saturated carbocycles. The van der Waals surface area contributed by atoms with Gasteiger partial charge in [-0.25, -0.2) is 8.42 Å². The van der Waals surface area contributed by atoms with Crippen LogP contribution < -0.4 is 10.1 Å². The quantitative estimate of drug-likeness (QED) is 0.776. The summed E-state index contributed by atoms with van der Waals surface area (Å²) in [5, 5.41) is 2.77. The smallest absolute Gasteiger partial charge is 0.238 e. The van der Waals surface area contributed by atoms with E-state index in [-0.39, 0.29) is 36.5 Å². The molecule has 1 N–H and O–H groups in total. The second-order valence-electron chi connectivity index (χ2n) is 5.45. The summed E-state index contributed by atoms with van der Waals surface area (Å²) >= 11 is 0. The highest BCUT2D eigenvalue weighted by molar-refractivity contribution is 7.91. The van der Waals surface area contributed by atoms with Crippen molar-refractivity contribution >= 4 is 21.4 Å². The molecule has 23 heavy (non-hydrogen) atoms. The number of sulfone groups is 1. The Hall–Kier alpha value is -2.04. The molecule has 0 spiro atoms. The number of ether oxygens (including phenoxy) is 1. The van der Waals surface area contributed by atoms with Crippen LogP contribution in [0.4, 0.5) is 5.69 Å². The molecular formula is C16H20N2O4S. The van der Waals surface area contributed by atoms with E-state index < -0.39 is 9.84 Å². The maximum absolute atomic E-state index is 12.2. The van der Waals surface area contributed by atoms with Crippen molar-refractivity contribution in [3.63, 3.8) is 0 Å². The summed E-state index contributed by atoms with van der Waals surface area (Å²) < 4.78 is 28.3. The lowest BCUT2D eigenvalue weighted by molar-refractivity contribution is -0.117. The molecule has 1 aliphatic heterocycles. The molecule has 0 bridgehead atoms. The van der Waals surface area contributed by atoms with Crippen molar-refractivity contribution < 1.29 is 17.9 Å². The van der Waals surface area contributed by atoms with E-state index in [1.807, 2.05) is 0 Å². The van der Waals surface area contributed by atoms with Gasteiger partial charge in [-0.15, -0.1) is 6.42 Å². The number of hydrogen-bond donors (Lipinski definition) is 1. The van der Waals surface area contributed by atoms with Crippen LogP contribution in [0.1, 0.15) is 6.42 Å². The first-order valence-electron chi connectivity index (χ1n) is 7.25.